The summed E-state index contributed by atoms with van der Waals surface area (Å²) < 4.78 is 5.03. The van der Waals surface area contributed by atoms with Crippen LogP contribution in [-0.4, -0.2) is 23.0 Å². The third kappa shape index (κ3) is 3.32. The third-order valence-corrected chi connectivity index (χ3v) is 4.37. The van der Waals surface area contributed by atoms with Crippen LogP contribution in [0.1, 0.15) is 57.9 Å². The fourth-order valence-corrected chi connectivity index (χ4v) is 3.12. The number of benzene rings is 1. The summed E-state index contributed by atoms with van der Waals surface area (Å²) in [6.45, 7) is 3.40. The molecule has 2 N–H and O–H groups in total. The summed E-state index contributed by atoms with van der Waals surface area (Å²) in [5, 5.41) is 9.64. The van der Waals surface area contributed by atoms with E-state index in [-0.39, 0.29) is 17.9 Å². The lowest BCUT2D eigenvalue weighted by molar-refractivity contribution is 0.0939. The van der Waals surface area contributed by atoms with Gasteiger partial charge in [-0.25, -0.2) is 0 Å². The fraction of sp³-hybridized carbons (Fsp3) is 0.389. The second kappa shape index (κ2) is 6.86. The molecule has 24 heavy (non-hydrogen) atoms. The number of rotatable bonds is 4. The van der Waals surface area contributed by atoms with Crippen molar-refractivity contribution in [2.45, 2.75) is 45.6 Å². The lowest BCUT2D eigenvalue weighted by Crippen LogP contribution is -2.33. The number of nitrogens with zero attached hydrogens (tertiary/aromatic N) is 1. The lowest BCUT2D eigenvalue weighted by Gasteiger charge is -2.15. The zero-order valence-electron chi connectivity index (χ0n) is 13.9. The van der Waals surface area contributed by atoms with Crippen LogP contribution >= 0.6 is 0 Å². The van der Waals surface area contributed by atoms with Crippen molar-refractivity contribution in [2.75, 3.05) is 5.32 Å². The Balaban J connectivity index is 1.79. The smallest absolute Gasteiger partial charge is 0.261 e. The van der Waals surface area contributed by atoms with E-state index in [0.29, 0.717) is 28.3 Å². The van der Waals surface area contributed by atoms with Gasteiger partial charge in [0.2, 0.25) is 0 Å². The van der Waals surface area contributed by atoms with Crippen LogP contribution in [0.5, 0.6) is 0 Å². The van der Waals surface area contributed by atoms with Crippen molar-refractivity contribution in [1.29, 1.82) is 0 Å². The molecule has 0 radical (unpaired) electrons. The van der Waals surface area contributed by atoms with Gasteiger partial charge in [0, 0.05) is 6.04 Å². The Morgan fingerprint density at radius 1 is 1.12 bits per heavy atom. The summed E-state index contributed by atoms with van der Waals surface area (Å²) in [5.41, 5.74) is 1.88. The molecule has 6 nitrogen and oxygen atoms in total. The van der Waals surface area contributed by atoms with Gasteiger partial charge >= 0.3 is 0 Å². The minimum Gasteiger partial charge on any atom is -0.361 e. The molecule has 1 aliphatic carbocycles. The quantitative estimate of drug-likeness (QED) is 0.903. The standard InChI is InChI=1S/C18H21N3O3/c1-11-16(12(2)24-21-11)18(23)20-15-10-6-5-9-14(15)17(22)19-13-7-3-4-8-13/h5-6,9-10,13H,3-4,7-8H2,1-2H3,(H,19,22)(H,20,23). The molecule has 6 heteroatoms. The van der Waals surface area contributed by atoms with Crippen LogP contribution < -0.4 is 10.6 Å². The first-order valence-electron chi connectivity index (χ1n) is 8.20. The Kier molecular flexibility index (Phi) is 4.64. The highest BCUT2D eigenvalue weighted by molar-refractivity contribution is 6.09. The van der Waals surface area contributed by atoms with Gasteiger partial charge < -0.3 is 15.2 Å². The van der Waals surface area contributed by atoms with E-state index >= 15 is 0 Å². The van der Waals surface area contributed by atoms with Gasteiger partial charge in [-0.2, -0.15) is 0 Å². The van der Waals surface area contributed by atoms with Crippen LogP contribution in [0, 0.1) is 13.8 Å². The van der Waals surface area contributed by atoms with Crippen LogP contribution in [0.3, 0.4) is 0 Å². The maximum absolute atomic E-state index is 12.5. The molecular formula is C18H21N3O3. The summed E-state index contributed by atoms with van der Waals surface area (Å²) in [4.78, 5) is 25.0. The zero-order chi connectivity index (χ0) is 17.1. The van der Waals surface area contributed by atoms with Gasteiger partial charge in [0.15, 0.2) is 0 Å². The number of carbonyl (C=O) groups excluding carboxylic acids is 2. The van der Waals surface area contributed by atoms with E-state index in [4.69, 9.17) is 4.52 Å². The molecule has 2 amide bonds. The van der Waals surface area contributed by atoms with Crippen LogP contribution in [0.2, 0.25) is 0 Å². The number of para-hydroxylation sites is 1. The van der Waals surface area contributed by atoms with E-state index < -0.39 is 0 Å². The Bertz CT molecular complexity index is 741. The average molecular weight is 327 g/mol. The molecule has 0 unspecified atom stereocenters. The molecule has 1 aromatic heterocycles. The highest BCUT2D eigenvalue weighted by Crippen LogP contribution is 2.21. The van der Waals surface area contributed by atoms with Crippen molar-refractivity contribution in [3.63, 3.8) is 0 Å². The molecule has 0 aliphatic heterocycles. The second-order valence-corrected chi connectivity index (χ2v) is 6.15. The first-order chi connectivity index (χ1) is 11.6. The van der Waals surface area contributed by atoms with Gasteiger partial charge in [-0.05, 0) is 38.8 Å². The molecule has 0 spiro atoms. The molecular weight excluding hydrogens is 306 g/mol. The molecule has 1 saturated carbocycles. The minimum atomic E-state index is -0.327. The maximum Gasteiger partial charge on any atom is 0.261 e. The largest absolute Gasteiger partial charge is 0.361 e. The van der Waals surface area contributed by atoms with Crippen LogP contribution in [-0.2, 0) is 0 Å². The number of aromatic nitrogens is 1. The van der Waals surface area contributed by atoms with Crippen molar-refractivity contribution in [3.05, 3.63) is 46.8 Å². The number of carbonyl (C=O) groups is 2. The van der Waals surface area contributed by atoms with Gasteiger partial charge in [0.05, 0.1) is 16.9 Å². The summed E-state index contributed by atoms with van der Waals surface area (Å²) in [6.07, 6.45) is 4.32. The van der Waals surface area contributed by atoms with Gasteiger partial charge in [0.1, 0.15) is 11.3 Å². The minimum absolute atomic E-state index is 0.156. The van der Waals surface area contributed by atoms with Crippen molar-refractivity contribution in [1.82, 2.24) is 10.5 Å². The third-order valence-electron chi connectivity index (χ3n) is 4.37. The lowest BCUT2D eigenvalue weighted by atomic mass is 10.1. The van der Waals surface area contributed by atoms with Gasteiger partial charge in [-0.1, -0.05) is 30.1 Å². The van der Waals surface area contributed by atoms with Gasteiger partial charge in [-0.3, -0.25) is 9.59 Å². The van der Waals surface area contributed by atoms with Crippen LogP contribution in [0.25, 0.3) is 0 Å². The summed E-state index contributed by atoms with van der Waals surface area (Å²) >= 11 is 0. The number of anilines is 1. The first-order valence-corrected chi connectivity index (χ1v) is 8.20. The number of amides is 2. The molecule has 3 rings (SSSR count). The molecule has 1 fully saturated rings. The summed E-state index contributed by atoms with van der Waals surface area (Å²) in [7, 11) is 0. The number of nitrogens with one attached hydrogen (secondary N) is 2. The van der Waals surface area contributed by atoms with E-state index in [1.165, 1.54) is 0 Å². The van der Waals surface area contributed by atoms with Crippen molar-refractivity contribution >= 4 is 17.5 Å². The monoisotopic (exact) mass is 327 g/mol. The van der Waals surface area contributed by atoms with E-state index in [1.807, 2.05) is 0 Å². The van der Waals surface area contributed by atoms with Crippen molar-refractivity contribution in [2.24, 2.45) is 0 Å². The van der Waals surface area contributed by atoms with Crippen molar-refractivity contribution in [3.8, 4) is 0 Å². The Morgan fingerprint density at radius 3 is 2.50 bits per heavy atom. The normalized spacial score (nSPS) is 14.6. The highest BCUT2D eigenvalue weighted by Gasteiger charge is 2.22. The van der Waals surface area contributed by atoms with E-state index in [1.54, 1.807) is 38.1 Å². The van der Waals surface area contributed by atoms with Crippen LogP contribution in [0.15, 0.2) is 28.8 Å². The number of hydrogen-bond donors (Lipinski definition) is 2. The molecule has 1 aromatic carbocycles. The zero-order valence-corrected chi connectivity index (χ0v) is 13.9. The summed E-state index contributed by atoms with van der Waals surface area (Å²) in [5.74, 6) is -0.0261. The van der Waals surface area contributed by atoms with Crippen molar-refractivity contribution < 1.29 is 14.1 Å². The fourth-order valence-electron chi connectivity index (χ4n) is 3.12. The van der Waals surface area contributed by atoms with E-state index in [2.05, 4.69) is 15.8 Å². The molecule has 1 aliphatic rings. The van der Waals surface area contributed by atoms with Gasteiger partial charge in [0.25, 0.3) is 11.8 Å². The number of aryl methyl sites for hydroxylation is 2. The SMILES string of the molecule is Cc1noc(C)c1C(=O)Nc1ccccc1C(=O)NC1CCCC1. The Labute approximate surface area is 140 Å². The molecule has 2 aromatic rings. The van der Waals surface area contributed by atoms with E-state index in [9.17, 15) is 9.59 Å². The average Bonchev–Trinajstić information content (AvgIpc) is 3.17. The molecule has 1 heterocycles. The molecule has 0 saturated heterocycles. The topological polar surface area (TPSA) is 84.2 Å². The molecule has 126 valence electrons. The maximum atomic E-state index is 12.5. The summed E-state index contributed by atoms with van der Waals surface area (Å²) in [6, 6.07) is 7.24. The van der Waals surface area contributed by atoms with Gasteiger partial charge in [-0.15, -0.1) is 0 Å². The Morgan fingerprint density at radius 2 is 1.83 bits per heavy atom. The molecule has 0 bridgehead atoms. The second-order valence-electron chi connectivity index (χ2n) is 6.15. The predicted octanol–water partition coefficient (Wildman–Crippen LogP) is 3.22. The highest BCUT2D eigenvalue weighted by atomic mass is 16.5. The first kappa shape index (κ1) is 16.2. The predicted molar refractivity (Wildman–Crippen MR) is 90.1 cm³/mol. The Hall–Kier alpha value is -2.63. The van der Waals surface area contributed by atoms with E-state index in [0.717, 1.165) is 25.7 Å². The van der Waals surface area contributed by atoms with Crippen LogP contribution in [0.4, 0.5) is 5.69 Å². The number of hydrogen-bond acceptors (Lipinski definition) is 4. The molecule has 0 atom stereocenters.